The molecule has 0 aromatic carbocycles. The minimum Gasteiger partial charge on any atom is -0.332 e. The molecule has 0 aliphatic carbocycles. The Morgan fingerprint density at radius 1 is 1.53 bits per heavy atom. The summed E-state index contributed by atoms with van der Waals surface area (Å²) in [6.45, 7) is 4.57. The Balaban J connectivity index is 0.000000902. The molecule has 0 bridgehead atoms. The number of hydrogen-bond acceptors (Lipinski definition) is 4. The zero-order chi connectivity index (χ0) is 11.8. The fourth-order valence-corrected chi connectivity index (χ4v) is 2.99. The molecule has 0 unspecified atom stereocenters. The third kappa shape index (κ3) is 2.86. The van der Waals surface area contributed by atoms with Crippen molar-refractivity contribution in [1.29, 1.82) is 0 Å². The van der Waals surface area contributed by atoms with Crippen molar-refractivity contribution in [1.82, 2.24) is 19.6 Å². The molecule has 1 N–H and O–H groups in total. The minimum atomic E-state index is 0. The molecule has 0 spiro atoms. The number of hydrogen-bond donors (Lipinski definition) is 1. The highest BCUT2D eigenvalue weighted by Gasteiger charge is 2.26. The van der Waals surface area contributed by atoms with Crippen LogP contribution in [0.4, 0.5) is 0 Å². The van der Waals surface area contributed by atoms with Crippen LogP contribution in [0.25, 0.3) is 4.83 Å². The second kappa shape index (κ2) is 6.56. The summed E-state index contributed by atoms with van der Waals surface area (Å²) in [7, 11) is 0. The largest absolute Gasteiger partial charge is 0.332 e. The van der Waals surface area contributed by atoms with Crippen molar-refractivity contribution in [2.24, 2.45) is 0 Å². The quantitative estimate of drug-likeness (QED) is 0.869. The third-order valence-corrected chi connectivity index (χ3v) is 4.02. The number of halogens is 2. The van der Waals surface area contributed by atoms with Crippen LogP contribution in [0.5, 0.6) is 0 Å². The van der Waals surface area contributed by atoms with Gasteiger partial charge < -0.3 is 10.2 Å². The van der Waals surface area contributed by atoms with Crippen molar-refractivity contribution in [3.8, 4) is 0 Å². The summed E-state index contributed by atoms with van der Waals surface area (Å²) in [6.07, 6.45) is 3.48. The number of fused-ring (bicyclic) bond motifs is 1. The van der Waals surface area contributed by atoms with Crippen LogP contribution in [0.15, 0.2) is 17.9 Å². The van der Waals surface area contributed by atoms with Gasteiger partial charge >= 0.3 is 0 Å². The maximum Gasteiger partial charge on any atom is 0.272 e. The number of nitrogens with zero attached hydrogens (tertiary/aromatic N) is 3. The average Bonchev–Trinajstić information content (AvgIpc) is 2.90. The van der Waals surface area contributed by atoms with Crippen molar-refractivity contribution in [2.45, 2.75) is 13.0 Å². The molecule has 1 atom stereocenters. The van der Waals surface area contributed by atoms with Crippen LogP contribution in [-0.2, 0) is 0 Å². The first-order chi connectivity index (χ1) is 8.27. The Kier molecular flexibility index (Phi) is 5.61. The van der Waals surface area contributed by atoms with E-state index in [-0.39, 0.29) is 36.8 Å². The van der Waals surface area contributed by atoms with E-state index in [4.69, 9.17) is 0 Å². The van der Waals surface area contributed by atoms with Gasteiger partial charge in [0, 0.05) is 31.1 Å². The van der Waals surface area contributed by atoms with Gasteiger partial charge in [-0.15, -0.1) is 36.2 Å². The first kappa shape index (κ1) is 16.2. The lowest BCUT2D eigenvalue weighted by Gasteiger charge is -2.33. The summed E-state index contributed by atoms with van der Waals surface area (Å²) in [4.78, 5) is 19.4. The van der Waals surface area contributed by atoms with Crippen molar-refractivity contribution in [3.05, 3.63) is 23.6 Å². The summed E-state index contributed by atoms with van der Waals surface area (Å²) >= 11 is 1.55. The molecule has 1 saturated heterocycles. The van der Waals surface area contributed by atoms with E-state index >= 15 is 0 Å². The number of carbonyl (C=O) groups is 1. The molecule has 2 aromatic heterocycles. The maximum absolute atomic E-state index is 12.4. The Bertz CT molecular complexity index is 556. The molecule has 1 amide bonds. The van der Waals surface area contributed by atoms with E-state index in [1.165, 1.54) is 0 Å². The number of thiazole rings is 1. The van der Waals surface area contributed by atoms with Crippen LogP contribution >= 0.6 is 36.2 Å². The summed E-state index contributed by atoms with van der Waals surface area (Å²) in [5.74, 6) is 0.100. The molecule has 2 aromatic rings. The summed E-state index contributed by atoms with van der Waals surface area (Å²) in [5.41, 5.74) is 0.719. The summed E-state index contributed by atoms with van der Waals surface area (Å²) in [5, 5.41) is 5.20. The lowest BCUT2D eigenvalue weighted by molar-refractivity contribution is 0.0649. The average molecular weight is 323 g/mol. The second-order valence-corrected chi connectivity index (χ2v) is 5.16. The van der Waals surface area contributed by atoms with Gasteiger partial charge in [0.05, 0.1) is 6.20 Å². The number of aromatic nitrogens is 2. The Hall–Kier alpha value is -0.820. The smallest absolute Gasteiger partial charge is 0.272 e. The number of nitrogens with one attached hydrogen (secondary N) is 1. The Morgan fingerprint density at radius 2 is 2.32 bits per heavy atom. The molecule has 3 heterocycles. The molecule has 1 aliphatic rings. The van der Waals surface area contributed by atoms with Crippen LogP contribution in [0.1, 0.15) is 17.4 Å². The van der Waals surface area contributed by atoms with E-state index in [0.29, 0.717) is 0 Å². The van der Waals surface area contributed by atoms with Crippen LogP contribution in [0, 0.1) is 0 Å². The van der Waals surface area contributed by atoms with Crippen LogP contribution in [0.2, 0.25) is 0 Å². The Morgan fingerprint density at radius 3 is 3.05 bits per heavy atom. The molecular formula is C11H16Cl2N4OS. The third-order valence-electron chi connectivity index (χ3n) is 3.14. The van der Waals surface area contributed by atoms with Gasteiger partial charge in [0.2, 0.25) is 0 Å². The normalized spacial score (nSPS) is 18.8. The molecule has 1 aliphatic heterocycles. The number of piperazine rings is 1. The van der Waals surface area contributed by atoms with E-state index in [1.54, 1.807) is 23.9 Å². The topological polar surface area (TPSA) is 49.6 Å². The number of rotatable bonds is 1. The van der Waals surface area contributed by atoms with E-state index in [2.05, 4.69) is 17.2 Å². The molecule has 8 heteroatoms. The van der Waals surface area contributed by atoms with E-state index in [0.717, 1.165) is 30.2 Å². The van der Waals surface area contributed by atoms with Crippen LogP contribution in [0.3, 0.4) is 0 Å². The highest BCUT2D eigenvalue weighted by molar-refractivity contribution is 7.15. The van der Waals surface area contributed by atoms with Gasteiger partial charge in [0.15, 0.2) is 0 Å². The zero-order valence-corrected chi connectivity index (χ0v) is 12.9. The Labute approximate surface area is 127 Å². The molecule has 3 rings (SSSR count). The molecule has 1 fully saturated rings. The highest BCUT2D eigenvalue weighted by Crippen LogP contribution is 2.18. The van der Waals surface area contributed by atoms with Gasteiger partial charge in [-0.05, 0) is 6.92 Å². The minimum absolute atomic E-state index is 0. The molecule has 106 valence electrons. The maximum atomic E-state index is 12.4. The van der Waals surface area contributed by atoms with Gasteiger partial charge in [-0.3, -0.25) is 9.20 Å². The van der Waals surface area contributed by atoms with Crippen molar-refractivity contribution < 1.29 is 4.79 Å². The van der Waals surface area contributed by atoms with Crippen molar-refractivity contribution in [2.75, 3.05) is 19.6 Å². The van der Waals surface area contributed by atoms with Gasteiger partial charge in [-0.1, -0.05) is 0 Å². The van der Waals surface area contributed by atoms with E-state index in [1.807, 2.05) is 14.7 Å². The molecule has 0 saturated carbocycles. The first-order valence-electron chi connectivity index (χ1n) is 5.68. The molecular weight excluding hydrogens is 307 g/mol. The van der Waals surface area contributed by atoms with Crippen molar-refractivity contribution >= 4 is 46.9 Å². The van der Waals surface area contributed by atoms with Crippen LogP contribution in [-0.4, -0.2) is 45.9 Å². The monoisotopic (exact) mass is 322 g/mol. The fourth-order valence-electron chi connectivity index (χ4n) is 2.17. The fraction of sp³-hybridized carbons (Fsp3) is 0.455. The highest BCUT2D eigenvalue weighted by atomic mass is 35.5. The lowest BCUT2D eigenvalue weighted by Crippen LogP contribution is -2.52. The number of amides is 1. The number of carbonyl (C=O) groups excluding carboxylic acids is 1. The molecule has 0 radical (unpaired) electrons. The lowest BCUT2D eigenvalue weighted by atomic mass is 10.2. The van der Waals surface area contributed by atoms with Gasteiger partial charge in [0.1, 0.15) is 16.9 Å². The van der Waals surface area contributed by atoms with E-state index < -0.39 is 0 Å². The predicted molar refractivity (Wildman–Crippen MR) is 80.9 cm³/mol. The predicted octanol–water partition coefficient (Wildman–Crippen LogP) is 1.67. The van der Waals surface area contributed by atoms with E-state index in [9.17, 15) is 4.79 Å². The van der Waals surface area contributed by atoms with Crippen LogP contribution < -0.4 is 5.32 Å². The molecule has 5 nitrogen and oxygen atoms in total. The SMILES string of the molecule is C[C@H]1CNCCN1C(=O)c1csc2cncn12.Cl.Cl. The molecule has 19 heavy (non-hydrogen) atoms. The number of imidazole rings is 1. The van der Waals surface area contributed by atoms with Gasteiger partial charge in [-0.2, -0.15) is 0 Å². The zero-order valence-electron chi connectivity index (χ0n) is 10.4. The van der Waals surface area contributed by atoms with Gasteiger partial charge in [0.25, 0.3) is 5.91 Å². The second-order valence-electron chi connectivity index (χ2n) is 4.27. The summed E-state index contributed by atoms with van der Waals surface area (Å²) < 4.78 is 1.86. The summed E-state index contributed by atoms with van der Waals surface area (Å²) in [6, 6.07) is 0.245. The van der Waals surface area contributed by atoms with Gasteiger partial charge in [-0.25, -0.2) is 4.98 Å². The van der Waals surface area contributed by atoms with Crippen molar-refractivity contribution in [3.63, 3.8) is 0 Å². The first-order valence-corrected chi connectivity index (χ1v) is 6.56. The standard InChI is InChI=1S/C11H14N4OS.2ClH/c1-8-4-12-2-3-14(8)11(16)9-6-17-10-5-13-7-15(9)10;;/h5-8,12H,2-4H2,1H3;2*1H/t8-;;/m0../s1.